The molecule has 1 aliphatic heterocycles. The summed E-state index contributed by atoms with van der Waals surface area (Å²) in [7, 11) is 0. The van der Waals surface area contributed by atoms with Crippen molar-refractivity contribution in [2.24, 2.45) is 5.92 Å². The van der Waals surface area contributed by atoms with Crippen LogP contribution in [0.5, 0.6) is 0 Å². The molecule has 0 aromatic carbocycles. The van der Waals surface area contributed by atoms with E-state index < -0.39 is 0 Å². The Morgan fingerprint density at radius 2 is 2.16 bits per heavy atom. The van der Waals surface area contributed by atoms with Crippen LogP contribution < -0.4 is 0 Å². The van der Waals surface area contributed by atoms with Gasteiger partial charge in [-0.15, -0.1) is 0 Å². The third kappa shape index (κ3) is 5.90. The van der Waals surface area contributed by atoms with Crippen LogP contribution in [0.2, 0.25) is 0 Å². The number of carbonyl (C=O) groups is 2. The first-order valence-electron chi connectivity index (χ1n) is 7.15. The highest BCUT2D eigenvalue weighted by atomic mass is 16.7. The lowest BCUT2D eigenvalue weighted by Gasteiger charge is -2.23. The van der Waals surface area contributed by atoms with E-state index in [2.05, 4.69) is 6.92 Å². The van der Waals surface area contributed by atoms with E-state index in [0.29, 0.717) is 6.42 Å². The average Bonchev–Trinajstić information content (AvgIpc) is 2.34. The zero-order valence-electron chi connectivity index (χ0n) is 12.1. The molecule has 0 aliphatic carbocycles. The molecule has 19 heavy (non-hydrogen) atoms. The molecule has 0 amide bonds. The molecule has 0 saturated heterocycles. The molecule has 1 rings (SSSR count). The molecule has 1 heterocycles. The van der Waals surface area contributed by atoms with Crippen molar-refractivity contribution in [3.05, 3.63) is 12.0 Å². The van der Waals surface area contributed by atoms with Gasteiger partial charge in [-0.1, -0.05) is 40.0 Å². The van der Waals surface area contributed by atoms with Gasteiger partial charge in [0.1, 0.15) is 6.10 Å². The van der Waals surface area contributed by atoms with E-state index in [0.717, 1.165) is 19.3 Å². The zero-order valence-corrected chi connectivity index (χ0v) is 12.1. The molecule has 1 unspecified atom stereocenters. The number of ketones is 1. The molecule has 0 radical (unpaired) electrons. The molecule has 4 heteroatoms. The maximum Gasteiger partial charge on any atom is 0.316 e. The monoisotopic (exact) mass is 268 g/mol. The van der Waals surface area contributed by atoms with Crippen LogP contribution in [0.25, 0.3) is 0 Å². The fourth-order valence-corrected chi connectivity index (χ4v) is 1.89. The molecule has 0 bridgehead atoms. The topological polar surface area (TPSA) is 52.6 Å². The first-order valence-corrected chi connectivity index (χ1v) is 7.15. The smallest absolute Gasteiger partial charge is 0.316 e. The SMILES string of the molecule is CCCCCCC1CC(=O)C=C(OC(=O)C(C)C)O1. The van der Waals surface area contributed by atoms with Gasteiger partial charge in [0.25, 0.3) is 5.95 Å². The number of rotatable bonds is 7. The second-order valence-corrected chi connectivity index (χ2v) is 5.30. The first kappa shape index (κ1) is 15.7. The van der Waals surface area contributed by atoms with E-state index in [4.69, 9.17) is 9.47 Å². The fraction of sp³-hybridized carbons (Fsp3) is 0.733. The first-order chi connectivity index (χ1) is 9.02. The Morgan fingerprint density at radius 3 is 2.79 bits per heavy atom. The van der Waals surface area contributed by atoms with Gasteiger partial charge in [-0.05, 0) is 12.8 Å². The van der Waals surface area contributed by atoms with Crippen LogP contribution in [0.1, 0.15) is 59.3 Å². The number of ether oxygens (including phenoxy) is 2. The van der Waals surface area contributed by atoms with Gasteiger partial charge in [0.2, 0.25) is 0 Å². The molecule has 0 N–H and O–H groups in total. The Balaban J connectivity index is 2.42. The number of carbonyl (C=O) groups excluding carboxylic acids is 2. The number of hydrogen-bond donors (Lipinski definition) is 0. The van der Waals surface area contributed by atoms with E-state index in [1.165, 1.54) is 18.9 Å². The van der Waals surface area contributed by atoms with Crippen LogP contribution in [0.15, 0.2) is 12.0 Å². The molecule has 0 spiro atoms. The molecule has 1 atom stereocenters. The molecular formula is C15H24O4. The van der Waals surface area contributed by atoms with Gasteiger partial charge in [0, 0.05) is 6.42 Å². The van der Waals surface area contributed by atoms with E-state index in [1.54, 1.807) is 13.8 Å². The number of unbranched alkanes of at least 4 members (excludes halogenated alkanes) is 3. The van der Waals surface area contributed by atoms with E-state index in [1.807, 2.05) is 0 Å². The molecule has 108 valence electrons. The van der Waals surface area contributed by atoms with E-state index >= 15 is 0 Å². The fourth-order valence-electron chi connectivity index (χ4n) is 1.89. The summed E-state index contributed by atoms with van der Waals surface area (Å²) >= 11 is 0. The third-order valence-electron chi connectivity index (χ3n) is 3.04. The zero-order chi connectivity index (χ0) is 14.3. The minimum absolute atomic E-state index is 0.0294. The standard InChI is InChI=1S/C15H24O4/c1-4-5-6-7-8-13-9-12(16)10-14(18-13)19-15(17)11(2)3/h10-11,13H,4-9H2,1-3H3. The Morgan fingerprint density at radius 1 is 1.42 bits per heavy atom. The van der Waals surface area contributed by atoms with Crippen molar-refractivity contribution in [2.45, 2.75) is 65.4 Å². The van der Waals surface area contributed by atoms with Crippen molar-refractivity contribution < 1.29 is 19.1 Å². The lowest BCUT2D eigenvalue weighted by atomic mass is 10.0. The lowest BCUT2D eigenvalue weighted by Crippen LogP contribution is -2.25. The summed E-state index contributed by atoms with van der Waals surface area (Å²) in [6.45, 7) is 5.65. The quantitative estimate of drug-likeness (QED) is 0.525. The van der Waals surface area contributed by atoms with Crippen LogP contribution in [0, 0.1) is 5.92 Å². The van der Waals surface area contributed by atoms with Crippen molar-refractivity contribution in [2.75, 3.05) is 0 Å². The summed E-state index contributed by atoms with van der Waals surface area (Å²) in [5.74, 6) is -0.566. The van der Waals surface area contributed by atoms with Crippen LogP contribution in [0.3, 0.4) is 0 Å². The summed E-state index contributed by atoms with van der Waals surface area (Å²) in [5.41, 5.74) is 0. The van der Waals surface area contributed by atoms with Crippen molar-refractivity contribution in [3.8, 4) is 0 Å². The van der Waals surface area contributed by atoms with Gasteiger partial charge in [0.05, 0.1) is 12.0 Å². The molecule has 0 fully saturated rings. The van der Waals surface area contributed by atoms with Gasteiger partial charge in [0.15, 0.2) is 5.78 Å². The summed E-state index contributed by atoms with van der Waals surface area (Å²) < 4.78 is 10.6. The van der Waals surface area contributed by atoms with Crippen LogP contribution in [-0.4, -0.2) is 17.9 Å². The van der Waals surface area contributed by atoms with Crippen molar-refractivity contribution in [3.63, 3.8) is 0 Å². The van der Waals surface area contributed by atoms with Gasteiger partial charge in [-0.25, -0.2) is 0 Å². The van der Waals surface area contributed by atoms with Crippen LogP contribution >= 0.6 is 0 Å². The predicted molar refractivity (Wildman–Crippen MR) is 72.3 cm³/mol. The van der Waals surface area contributed by atoms with Gasteiger partial charge < -0.3 is 9.47 Å². The number of allylic oxidation sites excluding steroid dienone is 1. The van der Waals surface area contributed by atoms with Crippen molar-refractivity contribution >= 4 is 11.8 Å². The Bertz CT molecular complexity index is 344. The summed E-state index contributed by atoms with van der Waals surface area (Å²) in [5, 5.41) is 0. The van der Waals surface area contributed by atoms with E-state index in [-0.39, 0.29) is 29.7 Å². The summed E-state index contributed by atoms with van der Waals surface area (Å²) in [6.07, 6.45) is 6.92. The van der Waals surface area contributed by atoms with Gasteiger partial charge in [-0.3, -0.25) is 9.59 Å². The molecule has 0 saturated carbocycles. The highest BCUT2D eigenvalue weighted by Gasteiger charge is 2.24. The van der Waals surface area contributed by atoms with Crippen LogP contribution in [0.4, 0.5) is 0 Å². The number of esters is 1. The van der Waals surface area contributed by atoms with Gasteiger partial charge >= 0.3 is 5.97 Å². The molecule has 0 aromatic rings. The average molecular weight is 268 g/mol. The molecule has 0 aromatic heterocycles. The largest absolute Gasteiger partial charge is 0.461 e. The Kier molecular flexibility index (Phi) is 6.60. The van der Waals surface area contributed by atoms with Crippen LogP contribution in [-0.2, 0) is 19.1 Å². The maximum absolute atomic E-state index is 11.6. The summed E-state index contributed by atoms with van der Waals surface area (Å²) in [4.78, 5) is 23.0. The third-order valence-corrected chi connectivity index (χ3v) is 3.04. The molecule has 4 nitrogen and oxygen atoms in total. The number of hydrogen-bond acceptors (Lipinski definition) is 4. The predicted octanol–water partition coefficient (Wildman–Crippen LogP) is 3.36. The second kappa shape index (κ2) is 7.97. The van der Waals surface area contributed by atoms with E-state index in [9.17, 15) is 9.59 Å². The molecular weight excluding hydrogens is 244 g/mol. The highest BCUT2D eigenvalue weighted by molar-refractivity contribution is 5.91. The van der Waals surface area contributed by atoms with Gasteiger partial charge in [-0.2, -0.15) is 0 Å². The minimum Gasteiger partial charge on any atom is -0.461 e. The highest BCUT2D eigenvalue weighted by Crippen LogP contribution is 2.21. The van der Waals surface area contributed by atoms with Crippen molar-refractivity contribution in [1.82, 2.24) is 0 Å². The second-order valence-electron chi connectivity index (χ2n) is 5.30. The molecule has 1 aliphatic rings. The van der Waals surface area contributed by atoms with Crippen molar-refractivity contribution in [1.29, 1.82) is 0 Å². The summed E-state index contributed by atoms with van der Waals surface area (Å²) in [6, 6.07) is 0. The minimum atomic E-state index is -0.370. The maximum atomic E-state index is 11.6. The Labute approximate surface area is 115 Å². The lowest BCUT2D eigenvalue weighted by molar-refractivity contribution is -0.152. The normalized spacial score (nSPS) is 19.1. The Hall–Kier alpha value is -1.32.